The van der Waals surface area contributed by atoms with Crippen molar-refractivity contribution in [2.24, 2.45) is 17.8 Å². The molecule has 0 aliphatic carbocycles. The number of benzene rings is 2. The summed E-state index contributed by atoms with van der Waals surface area (Å²) in [6.07, 6.45) is 6.17. The van der Waals surface area contributed by atoms with Gasteiger partial charge in [0.15, 0.2) is 0 Å². The standard InChI is InChI=1S/C35H42ClN3O4S/c1-4-18-37(23-25-14-8-6-9-15-25)32(41)29-28-22-24(3)35(44-28)30(29)33(42)39(20-12-7-13-21-40)31(35)34(43)38(19-5-2)27-17-11-10-16-26(27)36/h4-6,8-11,14-17,24,28-31,40H,1-2,7,12-13,18-23H2,3H3/t24?,28-,29+,30+,31?,35?/m1/s1. The molecule has 2 bridgehead atoms. The highest BCUT2D eigenvalue weighted by Gasteiger charge is 2.76. The molecule has 1 N–H and O–H groups in total. The normalized spacial score (nSPS) is 26.8. The summed E-state index contributed by atoms with van der Waals surface area (Å²) in [5.74, 6) is -1.47. The van der Waals surface area contributed by atoms with Gasteiger partial charge in [-0.25, -0.2) is 0 Å². The Kier molecular flexibility index (Phi) is 10.2. The van der Waals surface area contributed by atoms with Crippen LogP contribution in [0.3, 0.4) is 0 Å². The molecule has 3 amide bonds. The van der Waals surface area contributed by atoms with Crippen LogP contribution in [0, 0.1) is 17.8 Å². The average molecular weight is 636 g/mol. The molecule has 0 aromatic heterocycles. The third-order valence-electron chi connectivity index (χ3n) is 9.42. The zero-order valence-corrected chi connectivity index (χ0v) is 26.9. The Balaban J connectivity index is 1.55. The van der Waals surface area contributed by atoms with E-state index < -0.39 is 22.6 Å². The molecule has 7 nitrogen and oxygen atoms in total. The van der Waals surface area contributed by atoms with E-state index in [1.54, 1.807) is 44.7 Å². The van der Waals surface area contributed by atoms with Gasteiger partial charge in [0.1, 0.15) is 6.04 Å². The van der Waals surface area contributed by atoms with E-state index in [-0.39, 0.29) is 42.0 Å². The molecule has 2 aromatic carbocycles. The summed E-state index contributed by atoms with van der Waals surface area (Å²) in [6, 6.07) is 16.3. The lowest BCUT2D eigenvalue weighted by Crippen LogP contribution is -2.57. The smallest absolute Gasteiger partial charge is 0.251 e. The number of rotatable bonds is 14. The highest BCUT2D eigenvalue weighted by atomic mass is 35.5. The second kappa shape index (κ2) is 13.9. The number of unbranched alkanes of at least 4 members (excludes halogenated alkanes) is 2. The number of nitrogens with zero attached hydrogens (tertiary/aromatic N) is 3. The quantitative estimate of drug-likeness (QED) is 0.217. The van der Waals surface area contributed by atoms with Crippen LogP contribution in [0.2, 0.25) is 5.02 Å². The van der Waals surface area contributed by atoms with Gasteiger partial charge in [0.05, 0.1) is 27.3 Å². The number of carbonyl (C=O) groups excluding carboxylic acids is 3. The second-order valence-corrected chi connectivity index (χ2v) is 14.0. The van der Waals surface area contributed by atoms with Crippen LogP contribution < -0.4 is 4.90 Å². The van der Waals surface area contributed by atoms with E-state index in [9.17, 15) is 19.5 Å². The van der Waals surface area contributed by atoms with Gasteiger partial charge in [0.2, 0.25) is 11.8 Å². The molecule has 2 aromatic rings. The fourth-order valence-corrected chi connectivity index (χ4v) is 10.2. The molecule has 5 rings (SSSR count). The SMILES string of the molecule is C=CCN(Cc1ccccc1)C(=O)[C@@H]1[C@H]2C(=O)N(CCCCCO)C(C(=O)N(CC=C)c3ccccc3Cl)C23S[C@@H]1CC3C. The molecule has 6 atom stereocenters. The lowest BCUT2D eigenvalue weighted by molar-refractivity contribution is -0.144. The molecule has 0 radical (unpaired) electrons. The molecule has 3 fully saturated rings. The van der Waals surface area contributed by atoms with Crippen LogP contribution in [0.25, 0.3) is 0 Å². The van der Waals surface area contributed by atoms with Crippen molar-refractivity contribution in [1.82, 2.24) is 9.80 Å². The van der Waals surface area contributed by atoms with Crippen molar-refractivity contribution < 1.29 is 19.5 Å². The Morgan fingerprint density at radius 1 is 1.05 bits per heavy atom. The molecule has 3 heterocycles. The number of fused-ring (bicyclic) bond motifs is 1. The van der Waals surface area contributed by atoms with E-state index in [1.807, 2.05) is 48.5 Å². The highest BCUT2D eigenvalue weighted by molar-refractivity contribution is 8.02. The maximum absolute atomic E-state index is 14.8. The number of anilines is 1. The topological polar surface area (TPSA) is 81.2 Å². The van der Waals surface area contributed by atoms with Gasteiger partial charge in [-0.2, -0.15) is 0 Å². The van der Waals surface area contributed by atoms with Crippen molar-refractivity contribution in [2.45, 2.75) is 55.2 Å². The Hall–Kier alpha value is -3.07. The van der Waals surface area contributed by atoms with Gasteiger partial charge in [0, 0.05) is 38.0 Å². The Morgan fingerprint density at radius 2 is 1.75 bits per heavy atom. The molecule has 1 spiro atoms. The van der Waals surface area contributed by atoms with Crippen LogP contribution in [-0.4, -0.2) is 74.9 Å². The van der Waals surface area contributed by atoms with Crippen molar-refractivity contribution in [3.63, 3.8) is 0 Å². The van der Waals surface area contributed by atoms with Crippen molar-refractivity contribution in [3.8, 4) is 0 Å². The summed E-state index contributed by atoms with van der Waals surface area (Å²) in [5.41, 5.74) is 1.59. The first-order valence-corrected chi connectivity index (χ1v) is 16.7. The molecule has 3 unspecified atom stereocenters. The fourth-order valence-electron chi connectivity index (χ4n) is 7.55. The first kappa shape index (κ1) is 32.3. The molecule has 3 aliphatic heterocycles. The maximum atomic E-state index is 14.8. The van der Waals surface area contributed by atoms with E-state index in [0.717, 1.165) is 18.4 Å². The third-order valence-corrected chi connectivity index (χ3v) is 11.8. The first-order chi connectivity index (χ1) is 21.3. The predicted octanol–water partition coefficient (Wildman–Crippen LogP) is 5.57. The number of thioether (sulfide) groups is 1. The summed E-state index contributed by atoms with van der Waals surface area (Å²) in [7, 11) is 0. The van der Waals surface area contributed by atoms with E-state index in [2.05, 4.69) is 20.1 Å². The van der Waals surface area contributed by atoms with Gasteiger partial charge in [-0.05, 0) is 49.3 Å². The number of aliphatic hydroxyl groups is 1. The lowest BCUT2D eigenvalue weighted by atomic mass is 9.65. The summed E-state index contributed by atoms with van der Waals surface area (Å²) < 4.78 is -0.747. The fraction of sp³-hybridized carbons (Fsp3) is 0.457. The van der Waals surface area contributed by atoms with E-state index in [4.69, 9.17) is 11.6 Å². The minimum absolute atomic E-state index is 0.0469. The molecule has 234 valence electrons. The Labute approximate surface area is 269 Å². The number of para-hydroxylation sites is 1. The van der Waals surface area contributed by atoms with Crippen LogP contribution in [0.15, 0.2) is 79.9 Å². The average Bonchev–Trinajstić information content (AvgIpc) is 3.61. The van der Waals surface area contributed by atoms with Crippen LogP contribution in [0.1, 0.15) is 38.2 Å². The van der Waals surface area contributed by atoms with Gasteiger partial charge in [0.25, 0.3) is 5.91 Å². The number of hydrogen-bond acceptors (Lipinski definition) is 5. The summed E-state index contributed by atoms with van der Waals surface area (Å²) in [4.78, 5) is 49.0. The number of likely N-dealkylation sites (tertiary alicyclic amines) is 1. The van der Waals surface area contributed by atoms with Crippen molar-refractivity contribution in [3.05, 3.63) is 90.5 Å². The molecule has 3 saturated heterocycles. The molecule has 0 saturated carbocycles. The van der Waals surface area contributed by atoms with E-state index >= 15 is 0 Å². The van der Waals surface area contributed by atoms with Crippen LogP contribution in [-0.2, 0) is 20.9 Å². The maximum Gasteiger partial charge on any atom is 0.251 e. The number of carbonyl (C=O) groups is 3. The Morgan fingerprint density at radius 3 is 2.43 bits per heavy atom. The van der Waals surface area contributed by atoms with Crippen molar-refractivity contribution in [2.75, 3.05) is 31.1 Å². The predicted molar refractivity (Wildman–Crippen MR) is 177 cm³/mol. The third kappa shape index (κ3) is 5.72. The number of amides is 3. The van der Waals surface area contributed by atoms with Gasteiger partial charge in [-0.3, -0.25) is 14.4 Å². The summed E-state index contributed by atoms with van der Waals surface area (Å²) in [6.45, 7) is 11.4. The van der Waals surface area contributed by atoms with Crippen molar-refractivity contribution in [1.29, 1.82) is 0 Å². The van der Waals surface area contributed by atoms with Gasteiger partial charge < -0.3 is 19.8 Å². The van der Waals surface area contributed by atoms with Crippen LogP contribution in [0.4, 0.5) is 5.69 Å². The number of aliphatic hydroxyl groups excluding tert-OH is 1. The zero-order valence-electron chi connectivity index (χ0n) is 25.3. The zero-order chi connectivity index (χ0) is 31.4. The lowest BCUT2D eigenvalue weighted by Gasteiger charge is -2.41. The van der Waals surface area contributed by atoms with Gasteiger partial charge in [-0.15, -0.1) is 24.9 Å². The largest absolute Gasteiger partial charge is 0.396 e. The van der Waals surface area contributed by atoms with E-state index in [1.165, 1.54) is 0 Å². The first-order valence-electron chi connectivity index (χ1n) is 15.5. The van der Waals surface area contributed by atoms with Gasteiger partial charge >= 0.3 is 0 Å². The van der Waals surface area contributed by atoms with Crippen LogP contribution >= 0.6 is 23.4 Å². The minimum Gasteiger partial charge on any atom is -0.396 e. The van der Waals surface area contributed by atoms with E-state index in [0.29, 0.717) is 43.2 Å². The van der Waals surface area contributed by atoms with Crippen LogP contribution in [0.5, 0.6) is 0 Å². The number of hydrogen-bond donors (Lipinski definition) is 1. The molecule has 44 heavy (non-hydrogen) atoms. The molecule has 9 heteroatoms. The van der Waals surface area contributed by atoms with Crippen molar-refractivity contribution >= 4 is 46.8 Å². The second-order valence-electron chi connectivity index (χ2n) is 12.1. The Bertz CT molecular complexity index is 1390. The molecular weight excluding hydrogens is 594 g/mol. The number of halogens is 1. The summed E-state index contributed by atoms with van der Waals surface area (Å²) in [5, 5.41) is 9.75. The molecule has 3 aliphatic rings. The minimum atomic E-state index is -0.755. The summed E-state index contributed by atoms with van der Waals surface area (Å²) >= 11 is 8.28. The highest BCUT2D eigenvalue weighted by Crippen LogP contribution is 2.69. The molecular formula is C35H42ClN3O4S. The van der Waals surface area contributed by atoms with Gasteiger partial charge in [-0.1, -0.05) is 73.1 Å². The monoisotopic (exact) mass is 635 g/mol.